The number of benzene rings is 1. The molecule has 6 nitrogen and oxygen atoms in total. The van der Waals surface area contributed by atoms with Crippen LogP contribution in [-0.4, -0.2) is 32.8 Å². The summed E-state index contributed by atoms with van der Waals surface area (Å²) in [5.41, 5.74) is 1.55. The quantitative estimate of drug-likeness (QED) is 0.490. The molecule has 0 aliphatic heterocycles. The molecule has 0 fully saturated rings. The van der Waals surface area contributed by atoms with E-state index in [1.54, 1.807) is 30.7 Å². The lowest BCUT2D eigenvalue weighted by Crippen LogP contribution is -2.22. The summed E-state index contributed by atoms with van der Waals surface area (Å²) in [5, 5.41) is 9.78. The Morgan fingerprint density at radius 1 is 1.28 bits per heavy atom. The highest BCUT2D eigenvalue weighted by Crippen LogP contribution is 2.31. The number of thiazole rings is 1. The molecule has 0 amide bonds. The molecule has 0 saturated heterocycles. The Morgan fingerprint density at radius 2 is 2.07 bits per heavy atom. The zero-order valence-electron chi connectivity index (χ0n) is 15.0. The largest absolute Gasteiger partial charge is 0.502 e. The monoisotopic (exact) mass is 415 g/mol. The molecule has 148 valence electrons. The molecule has 0 spiro atoms. The maximum absolute atomic E-state index is 14.0. The van der Waals surface area contributed by atoms with Crippen LogP contribution in [0.5, 0.6) is 11.5 Å². The topological polar surface area (TPSA) is 76.7 Å². The zero-order valence-corrected chi connectivity index (χ0v) is 15.8. The van der Waals surface area contributed by atoms with E-state index in [9.17, 15) is 18.7 Å². The summed E-state index contributed by atoms with van der Waals surface area (Å²) in [5.74, 6) is -1.63. The Morgan fingerprint density at radius 3 is 2.79 bits per heavy atom. The fraction of sp³-hybridized carbons (Fsp3) is 0.150. The average Bonchev–Trinajstić information content (AvgIpc) is 3.26. The van der Waals surface area contributed by atoms with Gasteiger partial charge in [-0.15, -0.1) is 0 Å². The lowest BCUT2D eigenvalue weighted by Gasteiger charge is -2.08. The van der Waals surface area contributed by atoms with Crippen molar-refractivity contribution in [1.29, 1.82) is 0 Å². The molecule has 3 heterocycles. The van der Waals surface area contributed by atoms with Crippen LogP contribution in [-0.2, 0) is 0 Å². The molecule has 29 heavy (non-hydrogen) atoms. The summed E-state index contributed by atoms with van der Waals surface area (Å²) in [6, 6.07) is 6.10. The number of rotatable bonds is 6. The van der Waals surface area contributed by atoms with Crippen molar-refractivity contribution in [3.8, 4) is 22.8 Å². The summed E-state index contributed by atoms with van der Waals surface area (Å²) in [6.07, 6.45) is 6.56. The maximum Gasteiger partial charge on any atom is 0.274 e. The third-order valence-corrected chi connectivity index (χ3v) is 5.15. The minimum Gasteiger partial charge on any atom is -0.502 e. The van der Waals surface area contributed by atoms with E-state index in [-0.39, 0.29) is 24.3 Å². The SMILES string of the molecule is O=c1/c(=C/c2cc(F)c(O)c(OCCCF)c2)sc2nc(-c3ccncc3)cn12. The third-order valence-electron chi connectivity index (χ3n) is 4.16. The first kappa shape index (κ1) is 19.0. The van der Waals surface area contributed by atoms with Crippen molar-refractivity contribution in [3.63, 3.8) is 0 Å². The van der Waals surface area contributed by atoms with Crippen molar-refractivity contribution in [2.45, 2.75) is 6.42 Å². The van der Waals surface area contributed by atoms with Crippen LogP contribution in [0, 0.1) is 5.82 Å². The van der Waals surface area contributed by atoms with Crippen LogP contribution in [0.25, 0.3) is 22.3 Å². The van der Waals surface area contributed by atoms with Gasteiger partial charge in [0.15, 0.2) is 22.3 Å². The molecule has 0 atom stereocenters. The molecule has 4 rings (SSSR count). The molecular weight excluding hydrogens is 400 g/mol. The van der Waals surface area contributed by atoms with Gasteiger partial charge in [0.25, 0.3) is 5.56 Å². The molecule has 0 radical (unpaired) electrons. The van der Waals surface area contributed by atoms with Crippen LogP contribution in [0.2, 0.25) is 0 Å². The number of ether oxygens (including phenoxy) is 1. The fourth-order valence-electron chi connectivity index (χ4n) is 2.77. The van der Waals surface area contributed by atoms with Crippen molar-refractivity contribution in [2.75, 3.05) is 13.3 Å². The van der Waals surface area contributed by atoms with Crippen molar-refractivity contribution in [2.24, 2.45) is 0 Å². The van der Waals surface area contributed by atoms with Gasteiger partial charge >= 0.3 is 0 Å². The zero-order chi connectivity index (χ0) is 20.4. The van der Waals surface area contributed by atoms with Crippen molar-refractivity contribution in [1.82, 2.24) is 14.4 Å². The Labute approximate surface area is 167 Å². The van der Waals surface area contributed by atoms with Gasteiger partial charge in [0, 0.05) is 30.6 Å². The number of aromatic nitrogens is 3. The number of hydrogen-bond donors (Lipinski definition) is 1. The van der Waals surface area contributed by atoms with Crippen LogP contribution in [0.3, 0.4) is 0 Å². The number of pyridine rings is 1. The second-order valence-corrected chi connectivity index (χ2v) is 7.18. The van der Waals surface area contributed by atoms with Gasteiger partial charge < -0.3 is 9.84 Å². The van der Waals surface area contributed by atoms with Gasteiger partial charge in [0.2, 0.25) is 0 Å². The minimum atomic E-state index is -0.886. The molecule has 4 aromatic rings. The fourth-order valence-corrected chi connectivity index (χ4v) is 3.72. The second-order valence-electron chi connectivity index (χ2n) is 6.17. The number of phenolic OH excluding ortho intramolecular Hbond substituents is 1. The average molecular weight is 415 g/mol. The first-order valence-electron chi connectivity index (χ1n) is 8.72. The Bertz CT molecular complexity index is 1270. The highest BCUT2D eigenvalue weighted by molar-refractivity contribution is 7.15. The number of aromatic hydroxyl groups is 1. The third kappa shape index (κ3) is 3.81. The standard InChI is InChI=1S/C20H15F2N3O3S/c21-4-1-7-28-16-9-12(8-14(22)18(16)26)10-17-19(27)25-11-15(24-20(25)29-17)13-2-5-23-6-3-13/h2-3,5-6,8-11,26H,1,4,7H2/b17-10-. The summed E-state index contributed by atoms with van der Waals surface area (Å²) < 4.78 is 33.3. The summed E-state index contributed by atoms with van der Waals surface area (Å²) in [4.78, 5) is 21.6. The molecule has 1 aromatic carbocycles. The number of alkyl halides is 1. The number of fused-ring (bicyclic) bond motifs is 1. The lowest BCUT2D eigenvalue weighted by molar-refractivity contribution is 0.272. The Balaban J connectivity index is 1.72. The molecule has 9 heteroatoms. The highest BCUT2D eigenvalue weighted by atomic mass is 32.1. The first-order chi connectivity index (χ1) is 14.1. The molecular formula is C20H15F2N3O3S. The van der Waals surface area contributed by atoms with E-state index < -0.39 is 18.2 Å². The van der Waals surface area contributed by atoms with Crippen LogP contribution in [0.4, 0.5) is 8.78 Å². The predicted molar refractivity (Wildman–Crippen MR) is 106 cm³/mol. The van der Waals surface area contributed by atoms with Crippen molar-refractivity contribution < 1.29 is 18.6 Å². The van der Waals surface area contributed by atoms with E-state index in [2.05, 4.69) is 9.97 Å². The molecule has 0 bridgehead atoms. The van der Waals surface area contributed by atoms with Gasteiger partial charge in [-0.2, -0.15) is 0 Å². The smallest absolute Gasteiger partial charge is 0.274 e. The number of imidazole rings is 1. The van der Waals surface area contributed by atoms with Crippen molar-refractivity contribution in [3.05, 3.63) is 69.1 Å². The molecule has 0 aliphatic rings. The van der Waals surface area contributed by atoms with Gasteiger partial charge in [-0.3, -0.25) is 18.6 Å². The van der Waals surface area contributed by atoms with Gasteiger partial charge in [0.1, 0.15) is 0 Å². The Hall–Kier alpha value is -3.33. The van der Waals surface area contributed by atoms with Crippen LogP contribution < -0.4 is 14.8 Å². The summed E-state index contributed by atoms with van der Waals surface area (Å²) >= 11 is 1.16. The molecule has 0 unspecified atom stereocenters. The summed E-state index contributed by atoms with van der Waals surface area (Å²) in [6.45, 7) is -0.574. The van der Waals surface area contributed by atoms with Gasteiger partial charge in [-0.25, -0.2) is 9.37 Å². The highest BCUT2D eigenvalue weighted by Gasteiger charge is 2.13. The van der Waals surface area contributed by atoms with E-state index in [1.807, 2.05) is 0 Å². The summed E-state index contributed by atoms with van der Waals surface area (Å²) in [7, 11) is 0. The molecule has 3 aromatic heterocycles. The maximum atomic E-state index is 14.0. The van der Waals surface area contributed by atoms with Crippen LogP contribution in [0.15, 0.2) is 47.7 Å². The number of hydrogen-bond acceptors (Lipinski definition) is 6. The van der Waals surface area contributed by atoms with Crippen LogP contribution in [0.1, 0.15) is 12.0 Å². The van der Waals surface area contributed by atoms with E-state index in [4.69, 9.17) is 4.74 Å². The molecule has 0 aliphatic carbocycles. The minimum absolute atomic E-state index is 0.00433. The Kier molecular flexibility index (Phi) is 5.22. The number of halogens is 2. The van der Waals surface area contributed by atoms with Gasteiger partial charge in [0.05, 0.1) is 23.5 Å². The molecule has 1 N–H and O–H groups in total. The normalized spacial score (nSPS) is 12.0. The van der Waals surface area contributed by atoms with E-state index in [1.165, 1.54) is 16.5 Å². The predicted octanol–water partition coefficient (Wildman–Crippen LogP) is 2.95. The van der Waals surface area contributed by atoms with E-state index in [0.29, 0.717) is 20.8 Å². The second kappa shape index (κ2) is 7.96. The number of nitrogens with zero attached hydrogens (tertiary/aromatic N) is 3. The van der Waals surface area contributed by atoms with Crippen LogP contribution >= 0.6 is 11.3 Å². The lowest BCUT2D eigenvalue weighted by atomic mass is 10.2. The molecule has 0 saturated carbocycles. The van der Waals surface area contributed by atoms with Gasteiger partial charge in [-0.1, -0.05) is 11.3 Å². The van der Waals surface area contributed by atoms with Gasteiger partial charge in [-0.05, 0) is 35.9 Å². The first-order valence-corrected chi connectivity index (χ1v) is 9.54. The number of phenols is 1. The van der Waals surface area contributed by atoms with Crippen molar-refractivity contribution >= 4 is 22.4 Å². The van der Waals surface area contributed by atoms with E-state index >= 15 is 0 Å². The van der Waals surface area contributed by atoms with E-state index in [0.717, 1.165) is 23.0 Å².